The molecule has 2 aromatic carbocycles. The number of aryl methyl sites for hydroxylation is 2. The van der Waals surface area contributed by atoms with Gasteiger partial charge in [-0.3, -0.25) is 4.79 Å². The summed E-state index contributed by atoms with van der Waals surface area (Å²) in [7, 11) is -3.82. The molecule has 1 aromatic heterocycles. The van der Waals surface area contributed by atoms with Crippen molar-refractivity contribution in [3.05, 3.63) is 65.7 Å². The summed E-state index contributed by atoms with van der Waals surface area (Å²) in [5.41, 5.74) is 3.64. The first-order valence-corrected chi connectivity index (χ1v) is 10.8. The van der Waals surface area contributed by atoms with Crippen molar-refractivity contribution >= 4 is 21.6 Å². The molecule has 0 saturated heterocycles. The van der Waals surface area contributed by atoms with Gasteiger partial charge in [-0.25, -0.2) is 18.5 Å². The number of carbonyl (C=O) groups is 1. The Labute approximate surface area is 169 Å². The number of anilines is 1. The van der Waals surface area contributed by atoms with Crippen LogP contribution in [0.5, 0.6) is 0 Å². The number of aromatic nitrogens is 1. The van der Waals surface area contributed by atoms with E-state index in [2.05, 4.69) is 4.98 Å². The molecule has 1 aliphatic heterocycles. The van der Waals surface area contributed by atoms with Crippen LogP contribution in [-0.2, 0) is 27.7 Å². The Bertz CT molecular complexity index is 1170. The van der Waals surface area contributed by atoms with E-state index in [0.717, 1.165) is 16.7 Å². The Morgan fingerprint density at radius 3 is 2.69 bits per heavy atom. The molecule has 8 heteroatoms. The summed E-state index contributed by atoms with van der Waals surface area (Å²) >= 11 is 0. The molecule has 2 N–H and O–H groups in total. The fraction of sp³-hybridized carbons (Fsp3) is 0.238. The zero-order valence-corrected chi connectivity index (χ0v) is 16.8. The maximum atomic E-state index is 12.7. The normalized spacial score (nSPS) is 13.5. The summed E-state index contributed by atoms with van der Waals surface area (Å²) in [6.07, 6.45) is 2.93. The number of carbonyl (C=O) groups excluding carboxylic acids is 1. The first-order chi connectivity index (χ1) is 13.8. The summed E-state index contributed by atoms with van der Waals surface area (Å²) in [6.45, 7) is 2.53. The molecule has 0 fully saturated rings. The summed E-state index contributed by atoms with van der Waals surface area (Å²) in [5, 5.41) is 5.21. The number of fused-ring (bicyclic) bond motifs is 1. The van der Waals surface area contributed by atoms with E-state index in [1.165, 1.54) is 12.1 Å². The fourth-order valence-corrected chi connectivity index (χ4v) is 3.95. The van der Waals surface area contributed by atoms with Crippen molar-refractivity contribution in [2.45, 2.75) is 31.1 Å². The zero-order valence-electron chi connectivity index (χ0n) is 16.0. The van der Waals surface area contributed by atoms with E-state index >= 15 is 0 Å². The van der Waals surface area contributed by atoms with Crippen molar-refractivity contribution in [3.8, 4) is 11.3 Å². The van der Waals surface area contributed by atoms with Gasteiger partial charge < -0.3 is 9.32 Å². The molecule has 0 saturated carbocycles. The third-order valence-electron chi connectivity index (χ3n) is 5.02. The van der Waals surface area contributed by atoms with Crippen LogP contribution >= 0.6 is 0 Å². The standard InChI is InChI=1S/C21H21N3O4S/c1-14-2-4-16(5-3-14)19-13-23-20(28-19)8-9-21(25)24-11-10-15-6-7-17(12-18(15)24)29(22,26)27/h2-7,12-13H,8-11H2,1H3,(H2,22,26,27). The molecule has 29 heavy (non-hydrogen) atoms. The van der Waals surface area contributed by atoms with E-state index in [4.69, 9.17) is 9.56 Å². The maximum Gasteiger partial charge on any atom is 0.238 e. The van der Waals surface area contributed by atoms with Gasteiger partial charge in [0.15, 0.2) is 11.7 Å². The van der Waals surface area contributed by atoms with Crippen LogP contribution in [0.2, 0.25) is 0 Å². The lowest BCUT2D eigenvalue weighted by atomic mass is 10.1. The number of primary sulfonamides is 1. The second-order valence-corrected chi connectivity index (χ2v) is 8.68. The molecule has 7 nitrogen and oxygen atoms in total. The summed E-state index contributed by atoms with van der Waals surface area (Å²) in [5.74, 6) is 1.05. The van der Waals surface area contributed by atoms with E-state index in [9.17, 15) is 13.2 Å². The highest BCUT2D eigenvalue weighted by molar-refractivity contribution is 7.89. The van der Waals surface area contributed by atoms with Crippen LogP contribution in [0, 0.1) is 6.92 Å². The number of hydrogen-bond acceptors (Lipinski definition) is 5. The SMILES string of the molecule is Cc1ccc(-c2cnc(CCC(=O)N3CCc4ccc(S(N)(=O)=O)cc43)o2)cc1. The Kier molecular flexibility index (Phi) is 4.97. The lowest BCUT2D eigenvalue weighted by Crippen LogP contribution is -2.29. The van der Waals surface area contributed by atoms with Crippen LogP contribution in [0.25, 0.3) is 11.3 Å². The lowest BCUT2D eigenvalue weighted by Gasteiger charge is -2.17. The van der Waals surface area contributed by atoms with Crippen LogP contribution in [0.1, 0.15) is 23.4 Å². The zero-order chi connectivity index (χ0) is 20.6. The van der Waals surface area contributed by atoms with Crippen molar-refractivity contribution in [2.24, 2.45) is 5.14 Å². The van der Waals surface area contributed by atoms with Crippen LogP contribution in [0.3, 0.4) is 0 Å². The number of nitrogens with zero attached hydrogens (tertiary/aromatic N) is 2. The van der Waals surface area contributed by atoms with Crippen LogP contribution in [0.4, 0.5) is 5.69 Å². The third kappa shape index (κ3) is 4.08. The summed E-state index contributed by atoms with van der Waals surface area (Å²) in [6, 6.07) is 12.6. The molecule has 0 spiro atoms. The lowest BCUT2D eigenvalue weighted by molar-refractivity contribution is -0.118. The number of oxazole rings is 1. The molecule has 0 unspecified atom stereocenters. The van der Waals surface area contributed by atoms with E-state index in [1.807, 2.05) is 31.2 Å². The largest absolute Gasteiger partial charge is 0.441 e. The number of nitrogens with two attached hydrogens (primary N) is 1. The predicted octanol–water partition coefficient (Wildman–Crippen LogP) is 2.82. The molecule has 0 atom stereocenters. The Balaban J connectivity index is 1.45. The summed E-state index contributed by atoms with van der Waals surface area (Å²) in [4.78, 5) is 18.6. The Hall–Kier alpha value is -2.97. The van der Waals surface area contributed by atoms with Gasteiger partial charge in [-0.1, -0.05) is 35.9 Å². The predicted molar refractivity (Wildman–Crippen MR) is 109 cm³/mol. The van der Waals surface area contributed by atoms with Gasteiger partial charge in [0.1, 0.15) is 0 Å². The van der Waals surface area contributed by atoms with E-state index in [1.54, 1.807) is 17.2 Å². The van der Waals surface area contributed by atoms with Gasteiger partial charge in [0, 0.05) is 30.6 Å². The van der Waals surface area contributed by atoms with Crippen molar-refractivity contribution in [1.82, 2.24) is 4.98 Å². The molecule has 0 bridgehead atoms. The number of hydrogen-bond donors (Lipinski definition) is 1. The highest BCUT2D eigenvalue weighted by atomic mass is 32.2. The quantitative estimate of drug-likeness (QED) is 0.695. The third-order valence-corrected chi connectivity index (χ3v) is 5.94. The van der Waals surface area contributed by atoms with E-state index in [-0.39, 0.29) is 17.2 Å². The van der Waals surface area contributed by atoms with Crippen LogP contribution < -0.4 is 10.0 Å². The fourth-order valence-electron chi connectivity index (χ4n) is 3.42. The minimum Gasteiger partial charge on any atom is -0.441 e. The van der Waals surface area contributed by atoms with Gasteiger partial charge in [-0.2, -0.15) is 0 Å². The monoisotopic (exact) mass is 411 g/mol. The number of amides is 1. The minimum absolute atomic E-state index is 0.00592. The molecule has 1 aliphatic rings. The highest BCUT2D eigenvalue weighted by Gasteiger charge is 2.26. The van der Waals surface area contributed by atoms with E-state index in [0.29, 0.717) is 36.7 Å². The molecule has 0 radical (unpaired) electrons. The Morgan fingerprint density at radius 2 is 1.97 bits per heavy atom. The smallest absolute Gasteiger partial charge is 0.238 e. The van der Waals surface area contributed by atoms with Gasteiger partial charge in [0.2, 0.25) is 15.9 Å². The van der Waals surface area contributed by atoms with Gasteiger partial charge >= 0.3 is 0 Å². The number of rotatable bonds is 5. The van der Waals surface area contributed by atoms with Crippen molar-refractivity contribution in [3.63, 3.8) is 0 Å². The molecule has 150 valence electrons. The summed E-state index contributed by atoms with van der Waals surface area (Å²) < 4.78 is 29.0. The molecule has 1 amide bonds. The molecule has 2 heterocycles. The van der Waals surface area contributed by atoms with Gasteiger partial charge in [0.25, 0.3) is 0 Å². The van der Waals surface area contributed by atoms with Gasteiger partial charge in [0.05, 0.1) is 11.1 Å². The Morgan fingerprint density at radius 1 is 1.21 bits per heavy atom. The molecule has 4 rings (SSSR count). The topological polar surface area (TPSA) is 106 Å². The van der Waals surface area contributed by atoms with Crippen LogP contribution in [0.15, 0.2) is 58.0 Å². The second kappa shape index (κ2) is 7.46. The first-order valence-electron chi connectivity index (χ1n) is 9.29. The van der Waals surface area contributed by atoms with E-state index < -0.39 is 10.0 Å². The number of sulfonamides is 1. The van der Waals surface area contributed by atoms with Crippen LogP contribution in [-0.4, -0.2) is 25.9 Å². The van der Waals surface area contributed by atoms with Gasteiger partial charge in [-0.15, -0.1) is 0 Å². The van der Waals surface area contributed by atoms with Crippen molar-refractivity contribution in [2.75, 3.05) is 11.4 Å². The highest BCUT2D eigenvalue weighted by Crippen LogP contribution is 2.31. The number of benzene rings is 2. The average Bonchev–Trinajstić information content (AvgIpc) is 3.32. The molecule has 3 aromatic rings. The van der Waals surface area contributed by atoms with Crippen molar-refractivity contribution in [1.29, 1.82) is 0 Å². The average molecular weight is 411 g/mol. The second-order valence-electron chi connectivity index (χ2n) is 7.12. The molecular weight excluding hydrogens is 390 g/mol. The first kappa shape index (κ1) is 19.4. The molecular formula is C21H21N3O4S. The minimum atomic E-state index is -3.82. The van der Waals surface area contributed by atoms with Crippen molar-refractivity contribution < 1.29 is 17.6 Å². The van der Waals surface area contributed by atoms with Gasteiger partial charge in [-0.05, 0) is 31.0 Å². The molecule has 0 aliphatic carbocycles. The maximum absolute atomic E-state index is 12.7.